The fourth-order valence-electron chi connectivity index (χ4n) is 5.50. The van der Waals surface area contributed by atoms with Crippen LogP contribution in [0.2, 0.25) is 0 Å². The highest BCUT2D eigenvalue weighted by atomic mass is 32.1. The molecule has 6 heteroatoms. The van der Waals surface area contributed by atoms with E-state index in [1.54, 1.807) is 0 Å². The third-order valence-corrected chi connectivity index (χ3v) is 8.65. The Morgan fingerprint density at radius 3 is 2.30 bits per heavy atom. The van der Waals surface area contributed by atoms with Crippen molar-refractivity contribution in [3.05, 3.63) is 93.2 Å². The summed E-state index contributed by atoms with van der Waals surface area (Å²) < 4.78 is 0. The van der Waals surface area contributed by atoms with E-state index in [1.807, 2.05) is 39.3 Å². The van der Waals surface area contributed by atoms with Gasteiger partial charge in [0.1, 0.15) is 0 Å². The molecule has 5 rings (SSSR count). The maximum atomic E-state index is 13.5. The van der Waals surface area contributed by atoms with Crippen molar-refractivity contribution in [3.63, 3.8) is 0 Å². The molecule has 0 aliphatic carbocycles. The van der Waals surface area contributed by atoms with Crippen LogP contribution >= 0.6 is 11.3 Å². The fraction of sp³-hybridized carbons (Fsp3) is 0.419. The first kappa shape index (κ1) is 25.7. The molecule has 0 spiro atoms. The summed E-state index contributed by atoms with van der Waals surface area (Å²) in [5, 5.41) is 2.17. The molecule has 0 bridgehead atoms. The van der Waals surface area contributed by atoms with Crippen LogP contribution in [0.3, 0.4) is 0 Å². The van der Waals surface area contributed by atoms with Gasteiger partial charge in [0, 0.05) is 43.2 Å². The lowest BCUT2D eigenvalue weighted by molar-refractivity contribution is -0.132. The Bertz CT molecular complexity index is 1230. The Kier molecular flexibility index (Phi) is 7.50. The number of rotatable bonds is 4. The average molecular weight is 516 g/mol. The minimum atomic E-state index is 0.0555. The molecule has 0 radical (unpaired) electrons. The molecule has 2 aromatic carbocycles. The molecule has 3 aromatic rings. The second kappa shape index (κ2) is 10.8. The highest BCUT2D eigenvalue weighted by Crippen LogP contribution is 2.37. The zero-order chi connectivity index (χ0) is 26.0. The number of amides is 2. The number of fused-ring (bicyclic) bond motifs is 1. The molecular weight excluding hydrogens is 478 g/mol. The van der Waals surface area contributed by atoms with E-state index in [0.29, 0.717) is 32.7 Å². The third kappa shape index (κ3) is 5.65. The first-order chi connectivity index (χ1) is 17.8. The van der Waals surface area contributed by atoms with E-state index in [4.69, 9.17) is 0 Å². The van der Waals surface area contributed by atoms with Gasteiger partial charge in [0.05, 0.1) is 12.6 Å². The summed E-state index contributed by atoms with van der Waals surface area (Å²) >= 11 is 1.82. The minimum Gasteiger partial charge on any atom is -0.340 e. The lowest BCUT2D eigenvalue weighted by Gasteiger charge is -2.37. The SMILES string of the molecule is CC(C)(C)c1ccc(C(=O)N2CCCN(C(=O)CN3CCc4sccc4[C@@H]3c3ccccc3)CC2)cc1. The second-order valence-corrected chi connectivity index (χ2v) is 12.2. The van der Waals surface area contributed by atoms with Gasteiger partial charge in [-0.15, -0.1) is 11.3 Å². The maximum Gasteiger partial charge on any atom is 0.253 e. The van der Waals surface area contributed by atoms with Gasteiger partial charge in [-0.25, -0.2) is 0 Å². The van der Waals surface area contributed by atoms with Gasteiger partial charge in [0.2, 0.25) is 5.91 Å². The number of hydrogen-bond donors (Lipinski definition) is 0. The molecule has 2 amide bonds. The van der Waals surface area contributed by atoms with E-state index >= 15 is 0 Å². The zero-order valence-corrected chi connectivity index (χ0v) is 23.0. The van der Waals surface area contributed by atoms with Crippen LogP contribution in [0.1, 0.15) is 65.2 Å². The molecule has 1 atom stereocenters. The summed E-state index contributed by atoms with van der Waals surface area (Å²) in [4.78, 5) is 34.3. The van der Waals surface area contributed by atoms with Crippen molar-refractivity contribution in [2.75, 3.05) is 39.3 Å². The van der Waals surface area contributed by atoms with Crippen molar-refractivity contribution in [1.29, 1.82) is 0 Å². The quantitative estimate of drug-likeness (QED) is 0.469. The number of benzene rings is 2. The van der Waals surface area contributed by atoms with E-state index in [-0.39, 0.29) is 23.3 Å². The summed E-state index contributed by atoms with van der Waals surface area (Å²) in [6.45, 7) is 10.3. The van der Waals surface area contributed by atoms with E-state index in [0.717, 1.165) is 24.9 Å². The highest BCUT2D eigenvalue weighted by Gasteiger charge is 2.32. The van der Waals surface area contributed by atoms with E-state index < -0.39 is 0 Å². The van der Waals surface area contributed by atoms with Gasteiger partial charge in [-0.3, -0.25) is 14.5 Å². The van der Waals surface area contributed by atoms with Crippen LogP contribution in [-0.4, -0.2) is 65.8 Å². The van der Waals surface area contributed by atoms with Crippen LogP contribution in [0.25, 0.3) is 0 Å². The topological polar surface area (TPSA) is 43.9 Å². The first-order valence-electron chi connectivity index (χ1n) is 13.3. The molecule has 37 heavy (non-hydrogen) atoms. The predicted molar refractivity (Wildman–Crippen MR) is 150 cm³/mol. The Balaban J connectivity index is 1.24. The standard InChI is InChI=1S/C31H37N3O2S/c1-31(2,3)25-12-10-24(11-13-25)30(36)33-17-7-16-32(19-20-33)28(35)22-34-18-14-27-26(15-21-37-27)29(34)23-8-5-4-6-9-23/h4-6,8-13,15,21,29H,7,14,16-20,22H2,1-3H3/t29-/m0/s1. The van der Waals surface area contributed by atoms with Gasteiger partial charge < -0.3 is 9.80 Å². The van der Waals surface area contributed by atoms with E-state index in [1.165, 1.54) is 21.6 Å². The number of carbonyl (C=O) groups is 2. The van der Waals surface area contributed by atoms with Crippen LogP contribution in [0.5, 0.6) is 0 Å². The number of carbonyl (C=O) groups excluding carboxylic acids is 2. The van der Waals surface area contributed by atoms with E-state index in [9.17, 15) is 9.59 Å². The summed E-state index contributed by atoms with van der Waals surface area (Å²) in [5.41, 5.74) is 4.57. The Morgan fingerprint density at radius 2 is 1.57 bits per heavy atom. The van der Waals surface area contributed by atoms with Crippen LogP contribution in [0, 0.1) is 0 Å². The smallest absolute Gasteiger partial charge is 0.253 e. The summed E-state index contributed by atoms with van der Waals surface area (Å²) in [6.07, 6.45) is 1.79. The van der Waals surface area contributed by atoms with Crippen molar-refractivity contribution in [3.8, 4) is 0 Å². The third-order valence-electron chi connectivity index (χ3n) is 7.65. The van der Waals surface area contributed by atoms with Crippen LogP contribution in [0.4, 0.5) is 0 Å². The number of nitrogens with zero attached hydrogens (tertiary/aromatic N) is 3. The molecule has 194 valence electrons. The summed E-state index contributed by atoms with van der Waals surface area (Å²) in [5.74, 6) is 0.211. The zero-order valence-electron chi connectivity index (χ0n) is 22.2. The largest absolute Gasteiger partial charge is 0.340 e. The van der Waals surface area contributed by atoms with Crippen LogP contribution < -0.4 is 0 Å². The first-order valence-corrected chi connectivity index (χ1v) is 14.2. The van der Waals surface area contributed by atoms with E-state index in [2.05, 4.69) is 73.5 Å². The molecule has 1 fully saturated rings. The molecule has 2 aliphatic rings. The van der Waals surface area contributed by atoms with Crippen molar-refractivity contribution in [1.82, 2.24) is 14.7 Å². The normalized spacial score (nSPS) is 18.8. The van der Waals surface area contributed by atoms with Gasteiger partial charge in [-0.05, 0) is 58.5 Å². The Labute approximate surface area is 224 Å². The molecular formula is C31H37N3O2S. The Hall–Kier alpha value is -2.96. The average Bonchev–Trinajstić information content (AvgIpc) is 3.23. The van der Waals surface area contributed by atoms with Crippen LogP contribution in [0.15, 0.2) is 66.0 Å². The lowest BCUT2D eigenvalue weighted by Crippen LogP contribution is -2.45. The molecule has 1 saturated heterocycles. The molecule has 0 unspecified atom stereocenters. The molecule has 5 nitrogen and oxygen atoms in total. The molecule has 2 aliphatic heterocycles. The van der Waals surface area contributed by atoms with Gasteiger partial charge >= 0.3 is 0 Å². The monoisotopic (exact) mass is 515 g/mol. The molecule has 0 saturated carbocycles. The number of thiophene rings is 1. The predicted octanol–water partition coefficient (Wildman–Crippen LogP) is 5.37. The van der Waals surface area contributed by atoms with Crippen molar-refractivity contribution < 1.29 is 9.59 Å². The number of hydrogen-bond acceptors (Lipinski definition) is 4. The fourth-order valence-corrected chi connectivity index (χ4v) is 6.41. The molecule has 1 aromatic heterocycles. The van der Waals surface area contributed by atoms with Gasteiger partial charge in [-0.1, -0.05) is 63.2 Å². The Morgan fingerprint density at radius 1 is 0.865 bits per heavy atom. The lowest BCUT2D eigenvalue weighted by atomic mass is 9.86. The summed E-state index contributed by atoms with van der Waals surface area (Å²) in [6, 6.07) is 20.9. The van der Waals surface area contributed by atoms with Crippen molar-refractivity contribution >= 4 is 23.2 Å². The second-order valence-electron chi connectivity index (χ2n) is 11.2. The van der Waals surface area contributed by atoms with Gasteiger partial charge in [-0.2, -0.15) is 0 Å². The minimum absolute atomic E-state index is 0.0555. The maximum absolute atomic E-state index is 13.5. The summed E-state index contributed by atoms with van der Waals surface area (Å²) in [7, 11) is 0. The molecule has 0 N–H and O–H groups in total. The highest BCUT2D eigenvalue weighted by molar-refractivity contribution is 7.10. The molecule has 3 heterocycles. The van der Waals surface area contributed by atoms with Crippen molar-refractivity contribution in [2.24, 2.45) is 0 Å². The van der Waals surface area contributed by atoms with Gasteiger partial charge in [0.25, 0.3) is 5.91 Å². The van der Waals surface area contributed by atoms with Crippen LogP contribution in [-0.2, 0) is 16.6 Å². The van der Waals surface area contributed by atoms with Crippen molar-refractivity contribution in [2.45, 2.75) is 45.1 Å². The van der Waals surface area contributed by atoms with Gasteiger partial charge in [0.15, 0.2) is 0 Å².